The first-order chi connectivity index (χ1) is 14.1. The molecule has 0 radical (unpaired) electrons. The normalized spacial score (nSPS) is 14.9. The van der Waals surface area contributed by atoms with E-state index < -0.39 is 5.82 Å². The van der Waals surface area contributed by atoms with E-state index in [1.54, 1.807) is 28.4 Å². The summed E-state index contributed by atoms with van der Waals surface area (Å²) in [5, 5.41) is 4.02. The van der Waals surface area contributed by atoms with Gasteiger partial charge < -0.3 is 10.2 Å². The number of likely N-dealkylation sites (tertiary alicyclic amines) is 1. The lowest BCUT2D eigenvalue weighted by atomic mass is 10.0. The summed E-state index contributed by atoms with van der Waals surface area (Å²) < 4.78 is 15.0. The van der Waals surface area contributed by atoms with Crippen molar-refractivity contribution in [3.8, 4) is 0 Å². The lowest BCUT2D eigenvalue weighted by Crippen LogP contribution is -2.46. The molecule has 2 heterocycles. The van der Waals surface area contributed by atoms with E-state index in [9.17, 15) is 14.0 Å². The van der Waals surface area contributed by atoms with E-state index in [1.807, 2.05) is 24.3 Å². The molecule has 0 unspecified atom stereocenters. The number of benzene rings is 2. The Bertz CT molecular complexity index is 995. The number of para-hydroxylation sites is 1. The smallest absolute Gasteiger partial charge is 0.256 e. The number of carbonyl (C=O) groups is 2. The monoisotopic (exact) mass is 411 g/mol. The van der Waals surface area contributed by atoms with Crippen molar-refractivity contribution >= 4 is 33.4 Å². The van der Waals surface area contributed by atoms with Crippen molar-refractivity contribution in [1.29, 1.82) is 0 Å². The first kappa shape index (κ1) is 19.5. The number of aryl methyl sites for hydroxylation is 1. The van der Waals surface area contributed by atoms with E-state index in [4.69, 9.17) is 0 Å². The Morgan fingerprint density at radius 1 is 1.10 bits per heavy atom. The average Bonchev–Trinajstić information content (AvgIpc) is 3.16. The van der Waals surface area contributed by atoms with Gasteiger partial charge in [0.2, 0.25) is 5.91 Å². The van der Waals surface area contributed by atoms with E-state index in [-0.39, 0.29) is 23.4 Å². The van der Waals surface area contributed by atoms with E-state index in [0.717, 1.165) is 15.2 Å². The van der Waals surface area contributed by atoms with Gasteiger partial charge in [0.1, 0.15) is 5.82 Å². The molecule has 7 heteroatoms. The van der Waals surface area contributed by atoms with Crippen molar-refractivity contribution in [1.82, 2.24) is 15.2 Å². The second kappa shape index (κ2) is 8.69. The minimum atomic E-state index is -0.497. The summed E-state index contributed by atoms with van der Waals surface area (Å²) in [5.74, 6) is -0.783. The van der Waals surface area contributed by atoms with Crippen molar-refractivity contribution in [2.75, 3.05) is 13.1 Å². The SMILES string of the molecule is O=C(CCc1nc2ccccc2s1)NC1CCN(C(=O)c2ccccc2F)CC1. The standard InChI is InChI=1S/C22H22FN3O2S/c23-17-6-2-1-5-16(17)22(28)26-13-11-15(12-14-26)24-20(27)9-10-21-25-18-7-3-4-8-19(18)29-21/h1-8,15H,9-14H2,(H,24,27). The van der Waals surface area contributed by atoms with Gasteiger partial charge in [0.15, 0.2) is 0 Å². The molecule has 4 rings (SSSR count). The molecule has 1 aliphatic rings. The Kier molecular flexibility index (Phi) is 5.85. The molecular weight excluding hydrogens is 389 g/mol. The van der Waals surface area contributed by atoms with Crippen molar-refractivity contribution in [3.05, 3.63) is 64.9 Å². The number of aromatic nitrogens is 1. The number of amides is 2. The lowest BCUT2D eigenvalue weighted by Gasteiger charge is -2.32. The second-order valence-electron chi connectivity index (χ2n) is 7.19. The van der Waals surface area contributed by atoms with Crippen LogP contribution in [0.5, 0.6) is 0 Å². The predicted octanol–water partition coefficient (Wildman–Crippen LogP) is 3.79. The number of rotatable bonds is 5. The highest BCUT2D eigenvalue weighted by molar-refractivity contribution is 7.18. The fraction of sp³-hybridized carbons (Fsp3) is 0.318. The summed E-state index contributed by atoms with van der Waals surface area (Å²) in [4.78, 5) is 31.0. The Morgan fingerprint density at radius 3 is 2.59 bits per heavy atom. The molecule has 1 aromatic heterocycles. The average molecular weight is 412 g/mol. The van der Waals surface area contributed by atoms with Gasteiger partial charge >= 0.3 is 0 Å². The van der Waals surface area contributed by atoms with Crippen LogP contribution in [0.25, 0.3) is 10.2 Å². The number of thiazole rings is 1. The molecule has 150 valence electrons. The highest BCUT2D eigenvalue weighted by atomic mass is 32.1. The van der Waals surface area contributed by atoms with Crippen LogP contribution in [-0.4, -0.2) is 40.8 Å². The first-order valence-corrected chi connectivity index (χ1v) is 10.6. The zero-order valence-electron chi connectivity index (χ0n) is 15.9. The molecule has 1 saturated heterocycles. The zero-order valence-corrected chi connectivity index (χ0v) is 16.8. The number of piperidine rings is 1. The molecule has 1 aliphatic heterocycles. The van der Waals surface area contributed by atoms with E-state index >= 15 is 0 Å². The second-order valence-corrected chi connectivity index (χ2v) is 8.30. The van der Waals surface area contributed by atoms with Gasteiger partial charge in [-0.05, 0) is 37.1 Å². The lowest BCUT2D eigenvalue weighted by molar-refractivity contribution is -0.122. The van der Waals surface area contributed by atoms with Crippen molar-refractivity contribution < 1.29 is 14.0 Å². The topological polar surface area (TPSA) is 62.3 Å². The molecule has 1 fully saturated rings. The summed E-state index contributed by atoms with van der Waals surface area (Å²) >= 11 is 1.62. The number of carbonyl (C=O) groups excluding carboxylic acids is 2. The van der Waals surface area contributed by atoms with Crippen LogP contribution in [0.15, 0.2) is 48.5 Å². The number of fused-ring (bicyclic) bond motifs is 1. The van der Waals surface area contributed by atoms with Gasteiger partial charge in [0.25, 0.3) is 5.91 Å². The fourth-order valence-electron chi connectivity index (χ4n) is 3.58. The number of nitrogens with zero attached hydrogens (tertiary/aromatic N) is 2. The summed E-state index contributed by atoms with van der Waals surface area (Å²) in [6, 6.07) is 14.0. The largest absolute Gasteiger partial charge is 0.353 e. The molecule has 2 aromatic carbocycles. The van der Waals surface area contributed by atoms with Gasteiger partial charge in [-0.2, -0.15) is 0 Å². The molecule has 2 amide bonds. The van der Waals surface area contributed by atoms with Crippen LogP contribution in [-0.2, 0) is 11.2 Å². The van der Waals surface area contributed by atoms with Crippen LogP contribution >= 0.6 is 11.3 Å². The zero-order chi connectivity index (χ0) is 20.2. The summed E-state index contributed by atoms with van der Waals surface area (Å²) in [5.41, 5.74) is 1.07. The molecule has 0 aliphatic carbocycles. The summed E-state index contributed by atoms with van der Waals surface area (Å²) in [7, 11) is 0. The number of hydrogen-bond donors (Lipinski definition) is 1. The molecule has 29 heavy (non-hydrogen) atoms. The molecule has 1 N–H and O–H groups in total. The van der Waals surface area contributed by atoms with Gasteiger partial charge in [-0.1, -0.05) is 24.3 Å². The summed E-state index contributed by atoms with van der Waals surface area (Å²) in [6.07, 6.45) is 2.37. The Hall–Kier alpha value is -2.80. The van der Waals surface area contributed by atoms with E-state index in [0.29, 0.717) is 38.8 Å². The highest BCUT2D eigenvalue weighted by Crippen LogP contribution is 2.22. The molecule has 0 saturated carbocycles. The van der Waals surface area contributed by atoms with Gasteiger partial charge in [-0.3, -0.25) is 9.59 Å². The summed E-state index contributed by atoms with van der Waals surface area (Å²) in [6.45, 7) is 1.02. The van der Waals surface area contributed by atoms with Crippen molar-refractivity contribution in [2.45, 2.75) is 31.7 Å². The molecule has 0 atom stereocenters. The maximum atomic E-state index is 13.8. The molecule has 0 bridgehead atoms. The first-order valence-electron chi connectivity index (χ1n) is 9.78. The van der Waals surface area contributed by atoms with Crippen LogP contribution in [0, 0.1) is 5.82 Å². The third-order valence-electron chi connectivity index (χ3n) is 5.16. The minimum absolute atomic E-state index is 0.00290. The van der Waals surface area contributed by atoms with Gasteiger partial charge in [-0.25, -0.2) is 9.37 Å². The van der Waals surface area contributed by atoms with E-state index in [1.165, 1.54) is 12.1 Å². The number of hydrogen-bond acceptors (Lipinski definition) is 4. The van der Waals surface area contributed by atoms with E-state index in [2.05, 4.69) is 10.3 Å². The Balaban J connectivity index is 1.24. The Morgan fingerprint density at radius 2 is 1.83 bits per heavy atom. The number of halogens is 1. The third kappa shape index (κ3) is 4.62. The quantitative estimate of drug-likeness (QED) is 0.695. The van der Waals surface area contributed by atoms with Crippen molar-refractivity contribution in [2.24, 2.45) is 0 Å². The predicted molar refractivity (Wildman–Crippen MR) is 111 cm³/mol. The van der Waals surface area contributed by atoms with Crippen LogP contribution in [0.3, 0.4) is 0 Å². The van der Waals surface area contributed by atoms with Gasteiger partial charge in [-0.15, -0.1) is 11.3 Å². The third-order valence-corrected chi connectivity index (χ3v) is 6.25. The molecule has 0 spiro atoms. The molecule has 5 nitrogen and oxygen atoms in total. The van der Waals surface area contributed by atoms with Crippen LogP contribution in [0.2, 0.25) is 0 Å². The van der Waals surface area contributed by atoms with Gasteiger partial charge in [0, 0.05) is 32.0 Å². The Labute approximate surface area is 172 Å². The maximum absolute atomic E-state index is 13.8. The number of nitrogens with one attached hydrogen (secondary N) is 1. The maximum Gasteiger partial charge on any atom is 0.256 e. The molecular formula is C22H22FN3O2S. The minimum Gasteiger partial charge on any atom is -0.353 e. The van der Waals surface area contributed by atoms with Crippen LogP contribution in [0.4, 0.5) is 4.39 Å². The molecule has 3 aromatic rings. The van der Waals surface area contributed by atoms with Crippen molar-refractivity contribution in [3.63, 3.8) is 0 Å². The van der Waals surface area contributed by atoms with Crippen LogP contribution in [0.1, 0.15) is 34.6 Å². The van der Waals surface area contributed by atoms with Gasteiger partial charge in [0.05, 0.1) is 20.8 Å². The highest BCUT2D eigenvalue weighted by Gasteiger charge is 2.25. The van der Waals surface area contributed by atoms with Crippen LogP contribution < -0.4 is 5.32 Å². The fourth-order valence-corrected chi connectivity index (χ4v) is 4.55.